The number of ether oxygens (including phenoxy) is 1. The highest BCUT2D eigenvalue weighted by Crippen LogP contribution is 2.26. The number of para-hydroxylation sites is 1. The van der Waals surface area contributed by atoms with E-state index in [1.807, 2.05) is 36.4 Å². The highest BCUT2D eigenvalue weighted by atomic mass is 16.5. The summed E-state index contributed by atoms with van der Waals surface area (Å²) in [6, 6.07) is 18.3. The number of hydrogen-bond acceptors (Lipinski definition) is 2. The molecular weight excluding hydrogens is 222 g/mol. The van der Waals surface area contributed by atoms with Crippen LogP contribution in [0.1, 0.15) is 23.7 Å². The van der Waals surface area contributed by atoms with E-state index in [1.54, 1.807) is 0 Å². The van der Waals surface area contributed by atoms with Crippen LogP contribution in [0.15, 0.2) is 54.6 Å². The molecule has 0 amide bonds. The van der Waals surface area contributed by atoms with Gasteiger partial charge in [0.1, 0.15) is 11.9 Å². The Morgan fingerprint density at radius 1 is 1.00 bits per heavy atom. The third-order valence-corrected chi connectivity index (χ3v) is 2.96. The van der Waals surface area contributed by atoms with Crippen LogP contribution >= 0.6 is 0 Å². The van der Waals surface area contributed by atoms with E-state index in [-0.39, 0.29) is 6.10 Å². The monoisotopic (exact) mass is 241 g/mol. The molecule has 0 heterocycles. The third-order valence-electron chi connectivity index (χ3n) is 2.96. The summed E-state index contributed by atoms with van der Waals surface area (Å²) in [7, 11) is 0. The van der Waals surface area contributed by atoms with Crippen molar-refractivity contribution in [3.63, 3.8) is 0 Å². The molecule has 0 saturated heterocycles. The quantitative estimate of drug-likeness (QED) is 0.870. The summed E-state index contributed by atoms with van der Waals surface area (Å²) in [6.07, 6.45) is 0.843. The second-order valence-corrected chi connectivity index (χ2v) is 4.36. The van der Waals surface area contributed by atoms with Crippen LogP contribution < -0.4 is 10.5 Å². The summed E-state index contributed by atoms with van der Waals surface area (Å²) in [4.78, 5) is 0. The first-order valence-corrected chi connectivity index (χ1v) is 6.28. The van der Waals surface area contributed by atoms with Crippen molar-refractivity contribution in [3.8, 4) is 5.75 Å². The maximum absolute atomic E-state index is 6.09. The van der Waals surface area contributed by atoms with Gasteiger partial charge in [-0.15, -0.1) is 0 Å². The zero-order valence-corrected chi connectivity index (χ0v) is 10.7. The first kappa shape index (κ1) is 12.7. The second-order valence-electron chi connectivity index (χ2n) is 4.36. The van der Waals surface area contributed by atoms with Crippen molar-refractivity contribution in [2.75, 3.05) is 6.54 Å². The molecule has 18 heavy (non-hydrogen) atoms. The summed E-state index contributed by atoms with van der Waals surface area (Å²) in [5.74, 6) is 0.930. The van der Waals surface area contributed by atoms with Crippen molar-refractivity contribution >= 4 is 0 Å². The Balaban J connectivity index is 2.19. The average molecular weight is 241 g/mol. The van der Waals surface area contributed by atoms with Gasteiger partial charge in [0.05, 0.1) is 0 Å². The van der Waals surface area contributed by atoms with Gasteiger partial charge in [0, 0.05) is 6.42 Å². The van der Waals surface area contributed by atoms with Crippen LogP contribution in [-0.4, -0.2) is 6.54 Å². The minimum atomic E-state index is 0.0253. The molecule has 2 aromatic rings. The van der Waals surface area contributed by atoms with Gasteiger partial charge in [-0.05, 0) is 30.7 Å². The summed E-state index contributed by atoms with van der Waals surface area (Å²) in [5, 5.41) is 0. The number of benzene rings is 2. The normalized spacial score (nSPS) is 12.1. The minimum Gasteiger partial charge on any atom is -0.485 e. The number of nitrogens with two attached hydrogens (primary N) is 1. The Morgan fingerprint density at radius 3 is 2.33 bits per heavy atom. The lowest BCUT2D eigenvalue weighted by atomic mass is 10.1. The topological polar surface area (TPSA) is 35.2 Å². The Bertz CT molecular complexity index is 481. The van der Waals surface area contributed by atoms with Gasteiger partial charge < -0.3 is 10.5 Å². The average Bonchev–Trinajstić information content (AvgIpc) is 2.42. The lowest BCUT2D eigenvalue weighted by Crippen LogP contribution is -2.13. The van der Waals surface area contributed by atoms with Gasteiger partial charge in [0.25, 0.3) is 0 Å². The van der Waals surface area contributed by atoms with E-state index in [0.717, 1.165) is 17.7 Å². The van der Waals surface area contributed by atoms with Gasteiger partial charge in [-0.1, -0.05) is 48.5 Å². The van der Waals surface area contributed by atoms with E-state index in [9.17, 15) is 0 Å². The molecule has 0 fully saturated rings. The van der Waals surface area contributed by atoms with Crippen molar-refractivity contribution in [1.29, 1.82) is 0 Å². The van der Waals surface area contributed by atoms with Gasteiger partial charge in [-0.2, -0.15) is 0 Å². The largest absolute Gasteiger partial charge is 0.485 e. The van der Waals surface area contributed by atoms with Crippen LogP contribution in [0.2, 0.25) is 0 Å². The molecule has 2 aromatic carbocycles. The first-order valence-electron chi connectivity index (χ1n) is 6.28. The molecule has 0 unspecified atom stereocenters. The SMILES string of the molecule is Cc1ccccc1O[C@@H](CCN)c1ccccc1. The van der Waals surface area contributed by atoms with E-state index in [4.69, 9.17) is 10.5 Å². The van der Waals surface area contributed by atoms with Crippen molar-refractivity contribution in [2.24, 2.45) is 5.73 Å². The van der Waals surface area contributed by atoms with Crippen LogP contribution in [0.3, 0.4) is 0 Å². The van der Waals surface area contributed by atoms with Crippen molar-refractivity contribution in [2.45, 2.75) is 19.4 Å². The molecule has 0 saturated carbocycles. The fourth-order valence-electron chi connectivity index (χ4n) is 1.95. The third kappa shape index (κ3) is 3.11. The Morgan fingerprint density at radius 2 is 1.67 bits per heavy atom. The highest BCUT2D eigenvalue weighted by molar-refractivity contribution is 5.32. The summed E-state index contributed by atoms with van der Waals surface area (Å²) >= 11 is 0. The molecule has 2 heteroatoms. The summed E-state index contributed by atoms with van der Waals surface area (Å²) in [6.45, 7) is 2.67. The standard InChI is InChI=1S/C16H19NO/c1-13-7-5-6-10-15(13)18-16(11-12-17)14-8-3-2-4-9-14/h2-10,16H,11-12,17H2,1H3/t16-/m0/s1. The minimum absolute atomic E-state index is 0.0253. The molecule has 0 aliphatic heterocycles. The predicted octanol–water partition coefficient (Wildman–Crippen LogP) is 3.46. The molecule has 0 bridgehead atoms. The summed E-state index contributed by atoms with van der Waals surface area (Å²) < 4.78 is 6.09. The Hall–Kier alpha value is -1.80. The Labute approximate surface area is 108 Å². The molecule has 0 aromatic heterocycles. The van der Waals surface area contributed by atoms with Crippen LogP contribution in [-0.2, 0) is 0 Å². The van der Waals surface area contributed by atoms with E-state index in [0.29, 0.717) is 6.54 Å². The molecule has 2 N–H and O–H groups in total. The molecule has 94 valence electrons. The zero-order chi connectivity index (χ0) is 12.8. The molecule has 0 spiro atoms. The molecule has 1 atom stereocenters. The maximum Gasteiger partial charge on any atom is 0.125 e. The van der Waals surface area contributed by atoms with E-state index in [2.05, 4.69) is 25.1 Å². The fraction of sp³-hybridized carbons (Fsp3) is 0.250. The molecule has 2 nitrogen and oxygen atoms in total. The zero-order valence-electron chi connectivity index (χ0n) is 10.7. The number of aryl methyl sites for hydroxylation is 1. The Kier molecular flexibility index (Phi) is 4.37. The van der Waals surface area contributed by atoms with Crippen molar-refractivity contribution in [3.05, 3.63) is 65.7 Å². The second kappa shape index (κ2) is 6.22. The molecule has 2 rings (SSSR count). The highest BCUT2D eigenvalue weighted by Gasteiger charge is 2.13. The number of rotatable bonds is 5. The predicted molar refractivity (Wildman–Crippen MR) is 74.7 cm³/mol. The van der Waals surface area contributed by atoms with E-state index in [1.165, 1.54) is 5.56 Å². The van der Waals surface area contributed by atoms with Gasteiger partial charge in [-0.3, -0.25) is 0 Å². The fourth-order valence-corrected chi connectivity index (χ4v) is 1.95. The molecule has 0 aliphatic rings. The van der Waals surface area contributed by atoms with Gasteiger partial charge in [-0.25, -0.2) is 0 Å². The van der Waals surface area contributed by atoms with E-state index < -0.39 is 0 Å². The molecule has 0 aliphatic carbocycles. The van der Waals surface area contributed by atoms with Crippen LogP contribution in [0.25, 0.3) is 0 Å². The van der Waals surface area contributed by atoms with E-state index >= 15 is 0 Å². The van der Waals surface area contributed by atoms with Crippen LogP contribution in [0.5, 0.6) is 5.75 Å². The van der Waals surface area contributed by atoms with Crippen LogP contribution in [0.4, 0.5) is 0 Å². The van der Waals surface area contributed by atoms with Crippen molar-refractivity contribution in [1.82, 2.24) is 0 Å². The first-order chi connectivity index (χ1) is 8.81. The lowest BCUT2D eigenvalue weighted by molar-refractivity contribution is 0.196. The maximum atomic E-state index is 6.09. The lowest BCUT2D eigenvalue weighted by Gasteiger charge is -2.20. The van der Waals surface area contributed by atoms with Crippen molar-refractivity contribution < 1.29 is 4.74 Å². The van der Waals surface area contributed by atoms with Gasteiger partial charge in [0.2, 0.25) is 0 Å². The van der Waals surface area contributed by atoms with Crippen LogP contribution in [0, 0.1) is 6.92 Å². The molecule has 0 radical (unpaired) electrons. The van der Waals surface area contributed by atoms with Gasteiger partial charge >= 0.3 is 0 Å². The molecular formula is C16H19NO. The smallest absolute Gasteiger partial charge is 0.125 e. The number of hydrogen-bond donors (Lipinski definition) is 1. The van der Waals surface area contributed by atoms with Gasteiger partial charge in [0.15, 0.2) is 0 Å². The summed E-state index contributed by atoms with van der Waals surface area (Å²) in [5.41, 5.74) is 8.00.